The molecule has 38 heavy (non-hydrogen) atoms. The second kappa shape index (κ2) is 12.2. The van der Waals surface area contributed by atoms with Crippen LogP contribution in [-0.4, -0.2) is 42.2 Å². The monoisotopic (exact) mass is 508 g/mol. The largest absolute Gasteiger partial charge is 0.379 e. The summed E-state index contributed by atoms with van der Waals surface area (Å²) in [5.41, 5.74) is 7.18. The number of hydrogen-bond donors (Lipinski definition) is 2. The summed E-state index contributed by atoms with van der Waals surface area (Å²) in [6.45, 7) is 8.53. The Balaban J connectivity index is 1.31. The predicted molar refractivity (Wildman–Crippen MR) is 156 cm³/mol. The van der Waals surface area contributed by atoms with Crippen molar-refractivity contribution in [2.75, 3.05) is 36.9 Å². The number of aromatic nitrogens is 1. The minimum Gasteiger partial charge on any atom is -0.379 e. The number of fused-ring (bicyclic) bond motifs is 1. The molecule has 1 saturated heterocycles. The molecule has 2 amide bonds. The molecule has 0 radical (unpaired) electrons. The molecule has 0 unspecified atom stereocenters. The summed E-state index contributed by atoms with van der Waals surface area (Å²) in [7, 11) is 0. The van der Waals surface area contributed by atoms with Gasteiger partial charge in [0, 0.05) is 42.5 Å². The van der Waals surface area contributed by atoms with Gasteiger partial charge in [-0.05, 0) is 60.0 Å². The Kier molecular flexibility index (Phi) is 8.31. The number of amides is 2. The summed E-state index contributed by atoms with van der Waals surface area (Å²) in [4.78, 5) is 20.1. The highest BCUT2D eigenvalue weighted by Gasteiger charge is 2.14. The van der Waals surface area contributed by atoms with Crippen LogP contribution >= 0.6 is 0 Å². The van der Waals surface area contributed by atoms with Crippen molar-refractivity contribution in [3.63, 3.8) is 0 Å². The van der Waals surface area contributed by atoms with Gasteiger partial charge in [0.1, 0.15) is 0 Å². The lowest BCUT2D eigenvalue weighted by Gasteiger charge is -2.26. The van der Waals surface area contributed by atoms with Crippen LogP contribution in [0.4, 0.5) is 16.2 Å². The first-order chi connectivity index (χ1) is 18.6. The summed E-state index contributed by atoms with van der Waals surface area (Å²) < 4.78 is 5.45. The van der Waals surface area contributed by atoms with Gasteiger partial charge in [0.25, 0.3) is 0 Å². The van der Waals surface area contributed by atoms with Gasteiger partial charge in [-0.2, -0.15) is 0 Å². The SMILES string of the molecule is CCCCc1ccc(NC(=O)Nc2ccc(-c3ccc(CN4CCOCC4)nc3)c3ccccc23)c(C)c1. The smallest absolute Gasteiger partial charge is 0.323 e. The second-order valence-electron chi connectivity index (χ2n) is 9.96. The van der Waals surface area contributed by atoms with Gasteiger partial charge in [0.05, 0.1) is 24.6 Å². The third-order valence-corrected chi connectivity index (χ3v) is 7.16. The van der Waals surface area contributed by atoms with Crippen LogP contribution in [0.1, 0.15) is 36.6 Å². The van der Waals surface area contributed by atoms with Crippen LogP contribution < -0.4 is 10.6 Å². The predicted octanol–water partition coefficient (Wildman–Crippen LogP) is 7.03. The zero-order valence-electron chi connectivity index (χ0n) is 22.3. The zero-order chi connectivity index (χ0) is 26.3. The number of carbonyl (C=O) groups is 1. The average Bonchev–Trinajstić information content (AvgIpc) is 2.94. The van der Waals surface area contributed by atoms with Gasteiger partial charge < -0.3 is 15.4 Å². The van der Waals surface area contributed by atoms with Crippen LogP contribution in [0.3, 0.4) is 0 Å². The second-order valence-corrected chi connectivity index (χ2v) is 9.96. The number of carbonyl (C=O) groups excluding carboxylic acids is 1. The van der Waals surface area contributed by atoms with E-state index in [1.54, 1.807) is 0 Å². The Hall–Kier alpha value is -3.74. The van der Waals surface area contributed by atoms with Gasteiger partial charge in [-0.1, -0.05) is 61.9 Å². The molecule has 1 aromatic heterocycles. The van der Waals surface area contributed by atoms with Crippen molar-refractivity contribution in [3.05, 3.63) is 89.7 Å². The highest BCUT2D eigenvalue weighted by Crippen LogP contribution is 2.33. The molecule has 2 heterocycles. The Bertz CT molecular complexity index is 1390. The molecule has 3 aromatic carbocycles. The van der Waals surface area contributed by atoms with Crippen molar-refractivity contribution in [2.24, 2.45) is 0 Å². The zero-order valence-corrected chi connectivity index (χ0v) is 22.3. The molecule has 196 valence electrons. The lowest BCUT2D eigenvalue weighted by Crippen LogP contribution is -2.35. The molecule has 4 aromatic rings. The molecule has 1 fully saturated rings. The summed E-state index contributed by atoms with van der Waals surface area (Å²) in [5.74, 6) is 0. The molecular weight excluding hydrogens is 472 g/mol. The van der Waals surface area contributed by atoms with E-state index < -0.39 is 0 Å². The molecule has 2 N–H and O–H groups in total. The fourth-order valence-electron chi connectivity index (χ4n) is 5.00. The number of ether oxygens (including phenoxy) is 1. The van der Waals surface area contributed by atoms with Crippen LogP contribution in [0.25, 0.3) is 21.9 Å². The Labute approximate surface area is 225 Å². The fraction of sp³-hybridized carbons (Fsp3) is 0.312. The molecule has 0 atom stereocenters. The van der Waals surface area contributed by atoms with Crippen LogP contribution in [0.5, 0.6) is 0 Å². The van der Waals surface area contributed by atoms with E-state index in [0.29, 0.717) is 0 Å². The first-order valence-corrected chi connectivity index (χ1v) is 13.6. The Morgan fingerprint density at radius 2 is 1.71 bits per heavy atom. The van der Waals surface area contributed by atoms with E-state index >= 15 is 0 Å². The van der Waals surface area contributed by atoms with E-state index in [9.17, 15) is 4.79 Å². The van der Waals surface area contributed by atoms with Gasteiger partial charge in [0.2, 0.25) is 0 Å². The van der Waals surface area contributed by atoms with Crippen LogP contribution in [0.15, 0.2) is 72.9 Å². The number of nitrogens with zero attached hydrogens (tertiary/aromatic N) is 2. The normalized spacial score (nSPS) is 13.9. The number of hydrogen-bond acceptors (Lipinski definition) is 4. The van der Waals surface area contributed by atoms with Crippen LogP contribution in [0, 0.1) is 6.92 Å². The van der Waals surface area contributed by atoms with Gasteiger partial charge in [0.15, 0.2) is 0 Å². The third-order valence-electron chi connectivity index (χ3n) is 7.16. The van der Waals surface area contributed by atoms with Crippen molar-refractivity contribution in [2.45, 2.75) is 39.7 Å². The van der Waals surface area contributed by atoms with Crippen molar-refractivity contribution in [3.8, 4) is 11.1 Å². The van der Waals surface area contributed by atoms with E-state index in [0.717, 1.165) is 83.8 Å². The summed E-state index contributed by atoms with van der Waals surface area (Å²) >= 11 is 0. The highest BCUT2D eigenvalue weighted by atomic mass is 16.5. The lowest BCUT2D eigenvalue weighted by atomic mass is 9.98. The van der Waals surface area contributed by atoms with Crippen molar-refractivity contribution in [1.29, 1.82) is 0 Å². The number of rotatable bonds is 8. The molecule has 6 heteroatoms. The number of aryl methyl sites for hydroxylation is 2. The molecular formula is C32H36N4O2. The van der Waals surface area contributed by atoms with Gasteiger partial charge in [-0.15, -0.1) is 0 Å². The molecule has 5 rings (SSSR count). The number of pyridine rings is 1. The van der Waals surface area contributed by atoms with Gasteiger partial charge in [-0.25, -0.2) is 4.79 Å². The number of urea groups is 1. The first kappa shape index (κ1) is 25.9. The maximum atomic E-state index is 12.9. The number of nitrogens with one attached hydrogen (secondary N) is 2. The molecule has 0 bridgehead atoms. The first-order valence-electron chi connectivity index (χ1n) is 13.6. The molecule has 1 aliphatic heterocycles. The molecule has 0 spiro atoms. The quantitative estimate of drug-likeness (QED) is 0.268. The molecule has 0 saturated carbocycles. The maximum absolute atomic E-state index is 12.9. The van der Waals surface area contributed by atoms with E-state index in [1.165, 1.54) is 18.4 Å². The lowest BCUT2D eigenvalue weighted by molar-refractivity contribution is 0.0336. The Morgan fingerprint density at radius 3 is 2.45 bits per heavy atom. The van der Waals surface area contributed by atoms with Crippen molar-refractivity contribution in [1.82, 2.24) is 9.88 Å². The fourth-order valence-corrected chi connectivity index (χ4v) is 5.00. The minimum absolute atomic E-state index is 0.249. The number of benzene rings is 3. The molecule has 6 nitrogen and oxygen atoms in total. The standard InChI is InChI=1S/C32H36N4O2/c1-3-4-7-24-10-14-30(23(2)20-24)34-32(37)35-31-15-13-27(28-8-5-6-9-29(28)31)25-11-12-26(33-21-25)22-36-16-18-38-19-17-36/h5-6,8-15,20-21H,3-4,7,16-19,22H2,1-2H3,(H2,34,35,37). The Morgan fingerprint density at radius 1 is 0.947 bits per heavy atom. The highest BCUT2D eigenvalue weighted by molar-refractivity contribution is 6.09. The van der Waals surface area contributed by atoms with Gasteiger partial charge >= 0.3 is 6.03 Å². The summed E-state index contributed by atoms with van der Waals surface area (Å²) in [6, 6.07) is 22.4. The summed E-state index contributed by atoms with van der Waals surface area (Å²) in [5, 5.41) is 8.15. The van der Waals surface area contributed by atoms with E-state index in [-0.39, 0.29) is 6.03 Å². The summed E-state index contributed by atoms with van der Waals surface area (Å²) in [6.07, 6.45) is 5.36. The van der Waals surface area contributed by atoms with Crippen molar-refractivity contribution < 1.29 is 9.53 Å². The van der Waals surface area contributed by atoms with E-state index in [4.69, 9.17) is 9.72 Å². The average molecular weight is 509 g/mol. The topological polar surface area (TPSA) is 66.5 Å². The third kappa shape index (κ3) is 6.21. The molecule has 1 aliphatic rings. The minimum atomic E-state index is -0.249. The maximum Gasteiger partial charge on any atom is 0.323 e. The van der Waals surface area contributed by atoms with E-state index in [2.05, 4.69) is 58.9 Å². The van der Waals surface area contributed by atoms with Crippen LogP contribution in [0.2, 0.25) is 0 Å². The van der Waals surface area contributed by atoms with Crippen LogP contribution in [-0.2, 0) is 17.7 Å². The van der Waals surface area contributed by atoms with Crippen molar-refractivity contribution >= 4 is 28.2 Å². The number of anilines is 2. The number of morpholine rings is 1. The van der Waals surface area contributed by atoms with Gasteiger partial charge in [-0.3, -0.25) is 9.88 Å². The van der Waals surface area contributed by atoms with E-state index in [1.807, 2.05) is 43.5 Å². The number of unbranched alkanes of at least 4 members (excludes halogenated alkanes) is 1. The molecule has 0 aliphatic carbocycles.